The molecule has 3 aromatic carbocycles. The van der Waals surface area contributed by atoms with Crippen molar-refractivity contribution in [2.75, 3.05) is 0 Å². The Kier molecular flexibility index (Phi) is 4.70. The van der Waals surface area contributed by atoms with Gasteiger partial charge in [-0.1, -0.05) is 63.9 Å². The maximum absolute atomic E-state index is 13.8. The molecule has 0 nitrogen and oxygen atoms in total. The molecular weight excluding hydrogens is 401 g/mol. The van der Waals surface area contributed by atoms with Gasteiger partial charge >= 0.3 is 6.18 Å². The van der Waals surface area contributed by atoms with E-state index in [1.165, 1.54) is 18.2 Å². The van der Waals surface area contributed by atoms with Crippen molar-refractivity contribution in [1.29, 1.82) is 0 Å². The Morgan fingerprint density at radius 2 is 1.62 bits per heavy atom. The fourth-order valence-electron chi connectivity index (χ4n) is 2.56. The number of halogens is 5. The second-order valence-corrected chi connectivity index (χ2v) is 6.51. The van der Waals surface area contributed by atoms with Gasteiger partial charge in [0.15, 0.2) is 0 Å². The average molecular weight is 411 g/mol. The lowest BCUT2D eigenvalue weighted by molar-refractivity contribution is -0.136. The fraction of sp³-hybridized carbons (Fsp3) is 0.0526. The SMILES string of the molecule is FC(F)(F)c1c(-c2cccc(Br)c2)[c]ccc1-c1cccc(Cl)c1. The maximum Gasteiger partial charge on any atom is 0.417 e. The Balaban J connectivity index is 2.30. The first kappa shape index (κ1) is 17.1. The lowest BCUT2D eigenvalue weighted by Gasteiger charge is -2.18. The van der Waals surface area contributed by atoms with Gasteiger partial charge in [0.25, 0.3) is 0 Å². The smallest absolute Gasteiger partial charge is 0.166 e. The third kappa shape index (κ3) is 3.50. The lowest BCUT2D eigenvalue weighted by Crippen LogP contribution is -2.09. The van der Waals surface area contributed by atoms with Gasteiger partial charge in [0, 0.05) is 15.1 Å². The Morgan fingerprint density at radius 1 is 0.917 bits per heavy atom. The van der Waals surface area contributed by atoms with E-state index in [0.717, 1.165) is 0 Å². The summed E-state index contributed by atoms with van der Waals surface area (Å²) in [6, 6.07) is 18.8. The van der Waals surface area contributed by atoms with Crippen LogP contribution < -0.4 is 0 Å². The molecule has 0 N–H and O–H groups in total. The first-order valence-corrected chi connectivity index (χ1v) is 8.17. The van der Waals surface area contributed by atoms with Gasteiger partial charge in [0.2, 0.25) is 0 Å². The molecule has 0 amide bonds. The van der Waals surface area contributed by atoms with Crippen molar-refractivity contribution in [3.05, 3.63) is 81.8 Å². The van der Waals surface area contributed by atoms with E-state index < -0.39 is 11.7 Å². The van der Waals surface area contributed by atoms with Crippen LogP contribution in [0.3, 0.4) is 0 Å². The molecule has 5 heteroatoms. The van der Waals surface area contributed by atoms with Crippen molar-refractivity contribution >= 4 is 27.5 Å². The van der Waals surface area contributed by atoms with Crippen LogP contribution in [-0.4, -0.2) is 0 Å². The van der Waals surface area contributed by atoms with E-state index in [2.05, 4.69) is 22.0 Å². The van der Waals surface area contributed by atoms with Crippen molar-refractivity contribution in [1.82, 2.24) is 0 Å². The minimum atomic E-state index is -4.52. The zero-order chi connectivity index (χ0) is 17.3. The van der Waals surface area contributed by atoms with Crippen LogP contribution in [0.25, 0.3) is 22.3 Å². The second kappa shape index (κ2) is 6.61. The Bertz CT molecular complexity index is 824. The van der Waals surface area contributed by atoms with Gasteiger partial charge in [0.1, 0.15) is 0 Å². The molecule has 0 spiro atoms. The summed E-state index contributed by atoms with van der Waals surface area (Å²) < 4.78 is 42.2. The Hall–Kier alpha value is -1.78. The zero-order valence-electron chi connectivity index (χ0n) is 12.2. The third-order valence-corrected chi connectivity index (χ3v) is 4.26. The van der Waals surface area contributed by atoms with E-state index in [1.807, 2.05) is 0 Å². The molecule has 0 aromatic heterocycles. The minimum absolute atomic E-state index is 0.0151. The molecule has 0 atom stereocenters. The van der Waals surface area contributed by atoms with Crippen LogP contribution in [0, 0.1) is 6.07 Å². The first-order chi connectivity index (χ1) is 11.4. The van der Waals surface area contributed by atoms with Crippen LogP contribution in [0.5, 0.6) is 0 Å². The van der Waals surface area contributed by atoms with Gasteiger partial charge in [-0.15, -0.1) is 0 Å². The fourth-order valence-corrected chi connectivity index (χ4v) is 3.15. The highest BCUT2D eigenvalue weighted by Gasteiger charge is 2.36. The molecule has 0 saturated carbocycles. The van der Waals surface area contributed by atoms with Gasteiger partial charge in [-0.05, 0) is 47.0 Å². The summed E-state index contributed by atoms with van der Waals surface area (Å²) >= 11 is 9.24. The number of rotatable bonds is 2. The van der Waals surface area contributed by atoms with Crippen molar-refractivity contribution in [2.45, 2.75) is 6.18 Å². The van der Waals surface area contributed by atoms with Gasteiger partial charge < -0.3 is 0 Å². The Labute approximate surface area is 151 Å². The van der Waals surface area contributed by atoms with E-state index in [0.29, 0.717) is 20.6 Å². The first-order valence-electron chi connectivity index (χ1n) is 7.00. The molecule has 0 unspecified atom stereocenters. The van der Waals surface area contributed by atoms with E-state index >= 15 is 0 Å². The van der Waals surface area contributed by atoms with Crippen molar-refractivity contribution in [3.8, 4) is 22.3 Å². The molecule has 0 fully saturated rings. The van der Waals surface area contributed by atoms with Crippen LogP contribution in [0.1, 0.15) is 5.56 Å². The van der Waals surface area contributed by atoms with Crippen LogP contribution in [-0.2, 0) is 6.18 Å². The van der Waals surface area contributed by atoms with Crippen LogP contribution in [0.2, 0.25) is 5.02 Å². The van der Waals surface area contributed by atoms with Crippen molar-refractivity contribution in [3.63, 3.8) is 0 Å². The van der Waals surface area contributed by atoms with E-state index in [1.54, 1.807) is 42.5 Å². The number of hydrogen-bond acceptors (Lipinski definition) is 0. The highest BCUT2D eigenvalue weighted by atomic mass is 79.9. The summed E-state index contributed by atoms with van der Waals surface area (Å²) in [5.41, 5.74) is 0.242. The van der Waals surface area contributed by atoms with E-state index in [9.17, 15) is 13.2 Å². The molecule has 0 saturated heterocycles. The number of benzene rings is 3. The molecule has 0 heterocycles. The average Bonchev–Trinajstić information content (AvgIpc) is 2.53. The summed E-state index contributed by atoms with van der Waals surface area (Å²) in [4.78, 5) is 0. The van der Waals surface area contributed by atoms with Gasteiger partial charge in [-0.2, -0.15) is 13.2 Å². The third-order valence-electron chi connectivity index (χ3n) is 3.53. The number of hydrogen-bond donors (Lipinski definition) is 0. The van der Waals surface area contributed by atoms with E-state index in [-0.39, 0.29) is 11.1 Å². The monoisotopic (exact) mass is 409 g/mol. The molecule has 24 heavy (non-hydrogen) atoms. The quantitative estimate of drug-likeness (QED) is 0.417. The largest absolute Gasteiger partial charge is 0.417 e. The molecule has 3 rings (SSSR count). The van der Waals surface area contributed by atoms with E-state index in [4.69, 9.17) is 11.6 Å². The maximum atomic E-state index is 13.8. The predicted octanol–water partition coefficient (Wildman–Crippen LogP) is 7.26. The summed E-state index contributed by atoms with van der Waals surface area (Å²) in [5.74, 6) is 0. The second-order valence-electron chi connectivity index (χ2n) is 5.16. The molecule has 0 aliphatic rings. The summed E-state index contributed by atoms with van der Waals surface area (Å²) in [6.07, 6.45) is -4.52. The van der Waals surface area contributed by atoms with Gasteiger partial charge in [-0.25, -0.2) is 0 Å². The van der Waals surface area contributed by atoms with Gasteiger partial charge in [0.05, 0.1) is 5.56 Å². The molecule has 0 aliphatic heterocycles. The molecule has 1 radical (unpaired) electrons. The summed E-state index contributed by atoms with van der Waals surface area (Å²) in [7, 11) is 0. The lowest BCUT2D eigenvalue weighted by atomic mass is 9.91. The van der Waals surface area contributed by atoms with Crippen LogP contribution in [0.4, 0.5) is 13.2 Å². The highest BCUT2D eigenvalue weighted by molar-refractivity contribution is 9.10. The predicted molar refractivity (Wildman–Crippen MR) is 93.9 cm³/mol. The normalized spacial score (nSPS) is 11.5. The molecule has 121 valence electrons. The van der Waals surface area contributed by atoms with Crippen LogP contribution >= 0.6 is 27.5 Å². The highest BCUT2D eigenvalue weighted by Crippen LogP contribution is 2.43. The molecule has 0 bridgehead atoms. The summed E-state index contributed by atoms with van der Waals surface area (Å²) in [6.45, 7) is 0. The number of alkyl halides is 3. The van der Waals surface area contributed by atoms with Crippen molar-refractivity contribution in [2.24, 2.45) is 0 Å². The van der Waals surface area contributed by atoms with Gasteiger partial charge in [-0.3, -0.25) is 0 Å². The molecule has 0 aliphatic carbocycles. The molecular formula is C19H10BrClF3. The standard InChI is InChI=1S/C19H10BrClF3/c20-14-6-1-4-12(10-14)16-8-3-9-17(18(16)19(22,23)24)13-5-2-7-15(21)11-13/h1-7,9-11H. The van der Waals surface area contributed by atoms with Crippen molar-refractivity contribution < 1.29 is 13.2 Å². The zero-order valence-corrected chi connectivity index (χ0v) is 14.5. The molecule has 3 aromatic rings. The summed E-state index contributed by atoms with van der Waals surface area (Å²) in [5, 5.41) is 0.387. The minimum Gasteiger partial charge on any atom is -0.166 e. The Morgan fingerprint density at radius 3 is 2.29 bits per heavy atom. The topological polar surface area (TPSA) is 0 Å². The van der Waals surface area contributed by atoms with Crippen LogP contribution in [0.15, 0.2) is 65.1 Å².